The Hall–Kier alpha value is -0.900. The van der Waals surface area contributed by atoms with Gasteiger partial charge in [0.1, 0.15) is 6.17 Å². The summed E-state index contributed by atoms with van der Waals surface area (Å²) in [4.78, 5) is 10.8. The summed E-state index contributed by atoms with van der Waals surface area (Å²) in [5, 5.41) is 1.55. The van der Waals surface area contributed by atoms with Crippen LogP contribution in [0.1, 0.15) is 6.92 Å². The molecular weight excluding hydrogens is 147 g/mol. The third kappa shape index (κ3) is 2.31. The normalized spacial score (nSPS) is 20.2. The van der Waals surface area contributed by atoms with Crippen LogP contribution < -0.4 is 5.43 Å². The van der Waals surface area contributed by atoms with Crippen molar-refractivity contribution in [3.05, 3.63) is 12.2 Å². The lowest BCUT2D eigenvalue weighted by Crippen LogP contribution is -2.56. The average molecular weight is 158 g/mol. The van der Waals surface area contributed by atoms with Gasteiger partial charge in [-0.3, -0.25) is 10.2 Å². The van der Waals surface area contributed by atoms with Crippen LogP contribution in [0.5, 0.6) is 0 Å². The fourth-order valence-electron chi connectivity index (χ4n) is 0.861. The molecule has 0 unspecified atom stereocenters. The Labute approximate surface area is 64.8 Å². The van der Waals surface area contributed by atoms with E-state index >= 15 is 0 Å². The Morgan fingerprint density at radius 2 is 2.36 bits per heavy atom. The molecule has 62 valence electrons. The standard InChI is InChI=1S/C7H11FN2O/c1-2-3-7(11)9-10-4-6(8)5-10/h2-3,6H,4-5H2,1H3,(H,9,11)/b3-2-. The van der Waals surface area contributed by atoms with Crippen LogP contribution in [-0.4, -0.2) is 30.2 Å². The van der Waals surface area contributed by atoms with Gasteiger partial charge in [-0.1, -0.05) is 6.08 Å². The molecule has 0 radical (unpaired) electrons. The Balaban J connectivity index is 2.17. The first kappa shape index (κ1) is 8.20. The van der Waals surface area contributed by atoms with E-state index < -0.39 is 6.17 Å². The Morgan fingerprint density at radius 1 is 1.73 bits per heavy atom. The monoisotopic (exact) mass is 158 g/mol. The first-order valence-electron chi connectivity index (χ1n) is 3.54. The van der Waals surface area contributed by atoms with Crippen LogP contribution in [0.3, 0.4) is 0 Å². The molecule has 1 amide bonds. The van der Waals surface area contributed by atoms with Crippen LogP contribution in [0.15, 0.2) is 12.2 Å². The van der Waals surface area contributed by atoms with Gasteiger partial charge in [-0.25, -0.2) is 9.40 Å². The minimum absolute atomic E-state index is 0.195. The molecule has 1 saturated heterocycles. The Morgan fingerprint density at radius 3 is 2.82 bits per heavy atom. The summed E-state index contributed by atoms with van der Waals surface area (Å²) in [5.74, 6) is -0.195. The molecule has 1 aliphatic heterocycles. The molecule has 3 nitrogen and oxygen atoms in total. The number of amides is 1. The average Bonchev–Trinajstić information content (AvgIpc) is 1.85. The second-order valence-corrected chi connectivity index (χ2v) is 2.48. The van der Waals surface area contributed by atoms with Crippen molar-refractivity contribution in [3.8, 4) is 0 Å². The van der Waals surface area contributed by atoms with Crippen molar-refractivity contribution in [2.45, 2.75) is 13.1 Å². The maximum Gasteiger partial charge on any atom is 0.257 e. The number of halogens is 1. The van der Waals surface area contributed by atoms with Crippen LogP contribution in [0.4, 0.5) is 4.39 Å². The molecule has 11 heavy (non-hydrogen) atoms. The van der Waals surface area contributed by atoms with Crippen LogP contribution in [-0.2, 0) is 4.79 Å². The Kier molecular flexibility index (Phi) is 2.59. The lowest BCUT2D eigenvalue weighted by molar-refractivity contribution is -0.124. The highest BCUT2D eigenvalue weighted by Gasteiger charge is 2.26. The molecule has 1 rings (SSSR count). The summed E-state index contributed by atoms with van der Waals surface area (Å²) in [5.41, 5.74) is 2.52. The van der Waals surface area contributed by atoms with Crippen molar-refractivity contribution in [3.63, 3.8) is 0 Å². The summed E-state index contributed by atoms with van der Waals surface area (Å²) in [6, 6.07) is 0. The third-order valence-electron chi connectivity index (χ3n) is 1.42. The molecule has 0 saturated carbocycles. The molecule has 0 atom stereocenters. The highest BCUT2D eigenvalue weighted by atomic mass is 19.1. The van der Waals surface area contributed by atoms with Crippen molar-refractivity contribution < 1.29 is 9.18 Å². The lowest BCUT2D eigenvalue weighted by Gasteiger charge is -2.33. The molecule has 1 fully saturated rings. The van der Waals surface area contributed by atoms with E-state index in [1.165, 1.54) is 6.08 Å². The highest BCUT2D eigenvalue weighted by Crippen LogP contribution is 2.06. The number of nitrogens with zero attached hydrogens (tertiary/aromatic N) is 1. The van der Waals surface area contributed by atoms with Gasteiger partial charge in [-0.15, -0.1) is 0 Å². The summed E-state index contributed by atoms with van der Waals surface area (Å²) >= 11 is 0. The van der Waals surface area contributed by atoms with Crippen molar-refractivity contribution in [2.75, 3.05) is 13.1 Å². The lowest BCUT2D eigenvalue weighted by atomic mass is 10.2. The van der Waals surface area contributed by atoms with Crippen molar-refractivity contribution >= 4 is 5.91 Å². The SMILES string of the molecule is C/C=C\C(=O)NN1CC(F)C1. The fraction of sp³-hybridized carbons (Fsp3) is 0.571. The molecule has 0 aromatic heterocycles. The molecule has 0 aromatic rings. The third-order valence-corrected chi connectivity index (χ3v) is 1.42. The van der Waals surface area contributed by atoms with Crippen LogP contribution in [0.2, 0.25) is 0 Å². The maximum atomic E-state index is 12.2. The second-order valence-electron chi connectivity index (χ2n) is 2.48. The number of alkyl halides is 1. The van der Waals surface area contributed by atoms with Crippen molar-refractivity contribution in [1.82, 2.24) is 10.4 Å². The van der Waals surface area contributed by atoms with E-state index in [1.807, 2.05) is 0 Å². The summed E-state index contributed by atoms with van der Waals surface area (Å²) in [6.45, 7) is 2.38. The highest BCUT2D eigenvalue weighted by molar-refractivity contribution is 5.86. The van der Waals surface area contributed by atoms with Gasteiger partial charge < -0.3 is 0 Å². The molecule has 4 heteroatoms. The van der Waals surface area contributed by atoms with Crippen LogP contribution in [0.25, 0.3) is 0 Å². The number of nitrogens with one attached hydrogen (secondary N) is 1. The smallest absolute Gasteiger partial charge is 0.257 e. The van der Waals surface area contributed by atoms with E-state index in [9.17, 15) is 9.18 Å². The predicted octanol–water partition coefficient (Wildman–Crippen LogP) is 0.247. The largest absolute Gasteiger partial charge is 0.285 e. The van der Waals surface area contributed by atoms with E-state index in [0.29, 0.717) is 13.1 Å². The first-order chi connectivity index (χ1) is 5.22. The molecule has 1 aliphatic rings. The Bertz CT molecular complexity index is 175. The van der Waals surface area contributed by atoms with E-state index in [0.717, 1.165) is 0 Å². The number of carbonyl (C=O) groups is 1. The van der Waals surface area contributed by atoms with Crippen LogP contribution in [0, 0.1) is 0 Å². The summed E-state index contributed by atoms with van der Waals surface area (Å²) in [6.07, 6.45) is 2.27. The number of hydrogen-bond acceptors (Lipinski definition) is 2. The molecule has 0 bridgehead atoms. The quantitative estimate of drug-likeness (QED) is 0.584. The van der Waals surface area contributed by atoms with Gasteiger partial charge in [0, 0.05) is 0 Å². The van der Waals surface area contributed by atoms with E-state index in [1.54, 1.807) is 18.0 Å². The first-order valence-corrected chi connectivity index (χ1v) is 3.54. The molecule has 0 spiro atoms. The fourth-order valence-corrected chi connectivity index (χ4v) is 0.861. The molecule has 1 heterocycles. The van der Waals surface area contributed by atoms with Gasteiger partial charge in [0.2, 0.25) is 0 Å². The zero-order valence-electron chi connectivity index (χ0n) is 6.38. The van der Waals surface area contributed by atoms with Crippen LogP contribution >= 0.6 is 0 Å². The molecular formula is C7H11FN2O. The minimum atomic E-state index is -0.777. The second kappa shape index (κ2) is 3.48. The number of hydrogen-bond donors (Lipinski definition) is 1. The zero-order chi connectivity index (χ0) is 8.27. The van der Waals surface area contributed by atoms with Gasteiger partial charge >= 0.3 is 0 Å². The van der Waals surface area contributed by atoms with Gasteiger partial charge in [0.05, 0.1) is 13.1 Å². The molecule has 0 aliphatic carbocycles. The van der Waals surface area contributed by atoms with Gasteiger partial charge in [-0.2, -0.15) is 0 Å². The summed E-state index contributed by atoms with van der Waals surface area (Å²) < 4.78 is 12.2. The maximum absolute atomic E-state index is 12.2. The van der Waals surface area contributed by atoms with Gasteiger partial charge in [-0.05, 0) is 13.0 Å². The topological polar surface area (TPSA) is 32.3 Å². The summed E-state index contributed by atoms with van der Waals surface area (Å²) in [7, 11) is 0. The van der Waals surface area contributed by atoms with Crippen molar-refractivity contribution in [2.24, 2.45) is 0 Å². The zero-order valence-corrected chi connectivity index (χ0v) is 6.38. The predicted molar refractivity (Wildman–Crippen MR) is 39.4 cm³/mol. The molecule has 0 aromatic carbocycles. The van der Waals surface area contributed by atoms with Gasteiger partial charge in [0.25, 0.3) is 5.91 Å². The van der Waals surface area contributed by atoms with Gasteiger partial charge in [0.15, 0.2) is 0 Å². The van der Waals surface area contributed by atoms with Crippen molar-refractivity contribution in [1.29, 1.82) is 0 Å². The number of rotatable bonds is 2. The van der Waals surface area contributed by atoms with E-state index in [-0.39, 0.29) is 5.91 Å². The van der Waals surface area contributed by atoms with E-state index in [4.69, 9.17) is 0 Å². The minimum Gasteiger partial charge on any atom is -0.285 e. The number of allylic oxidation sites excluding steroid dienone is 1. The molecule has 1 N–H and O–H groups in total. The number of hydrazine groups is 1. The van der Waals surface area contributed by atoms with E-state index in [2.05, 4.69) is 5.43 Å². The number of carbonyl (C=O) groups excluding carboxylic acids is 1.